The number of likely N-dealkylation sites (tertiary alicyclic amines) is 1. The van der Waals surface area contributed by atoms with Crippen molar-refractivity contribution in [3.8, 4) is 0 Å². The molecule has 1 aliphatic heterocycles. The standard InChI is InChI=1S/C20H26N6O2/c1-25(2)18-8-6-16(13-23-18)24-15-4-3-10-26(11-9-15)20(28)17-7-5-14(12-22-17)19(21)27/h5-8,12-13,15,24H,3-4,9-11H2,1-2H3,(H2,21,27). The van der Waals surface area contributed by atoms with Crippen molar-refractivity contribution in [2.45, 2.75) is 25.3 Å². The number of hydrogen-bond acceptors (Lipinski definition) is 6. The SMILES string of the molecule is CN(C)c1ccc(NC2CCCN(C(=O)c3ccc(C(N)=O)cn3)CC2)cn1. The number of aromatic nitrogens is 2. The van der Waals surface area contributed by atoms with Crippen molar-refractivity contribution in [2.24, 2.45) is 5.73 Å². The Bertz CT molecular complexity index is 820. The van der Waals surface area contributed by atoms with Crippen molar-refractivity contribution >= 4 is 23.3 Å². The van der Waals surface area contributed by atoms with Gasteiger partial charge < -0.3 is 20.9 Å². The average molecular weight is 382 g/mol. The summed E-state index contributed by atoms with van der Waals surface area (Å²) in [5.74, 6) is 0.245. The van der Waals surface area contributed by atoms with Gasteiger partial charge in [0.25, 0.3) is 5.91 Å². The normalized spacial score (nSPS) is 16.9. The van der Waals surface area contributed by atoms with Crippen molar-refractivity contribution < 1.29 is 9.59 Å². The highest BCUT2D eigenvalue weighted by atomic mass is 16.2. The second-order valence-corrected chi connectivity index (χ2v) is 7.16. The Labute approximate surface area is 164 Å². The number of carbonyl (C=O) groups excluding carboxylic acids is 2. The first-order valence-corrected chi connectivity index (χ1v) is 9.39. The number of nitrogens with one attached hydrogen (secondary N) is 1. The first kappa shape index (κ1) is 19.6. The van der Waals surface area contributed by atoms with E-state index in [9.17, 15) is 9.59 Å². The molecule has 2 aromatic heterocycles. The highest BCUT2D eigenvalue weighted by Crippen LogP contribution is 2.19. The van der Waals surface area contributed by atoms with Crippen LogP contribution in [0.1, 0.15) is 40.1 Å². The molecular weight excluding hydrogens is 356 g/mol. The minimum Gasteiger partial charge on any atom is -0.381 e. The molecule has 1 atom stereocenters. The minimum atomic E-state index is -0.553. The molecule has 8 nitrogen and oxygen atoms in total. The molecule has 148 valence electrons. The van der Waals surface area contributed by atoms with Gasteiger partial charge in [-0.25, -0.2) is 4.98 Å². The molecule has 3 rings (SSSR count). The summed E-state index contributed by atoms with van der Waals surface area (Å²) in [5.41, 5.74) is 6.83. The molecule has 2 aromatic rings. The van der Waals surface area contributed by atoms with E-state index in [0.717, 1.165) is 30.8 Å². The molecule has 0 spiro atoms. The van der Waals surface area contributed by atoms with Crippen LogP contribution in [-0.4, -0.2) is 59.9 Å². The second kappa shape index (κ2) is 8.69. The topological polar surface area (TPSA) is 104 Å². The van der Waals surface area contributed by atoms with Gasteiger partial charge in [0.1, 0.15) is 11.5 Å². The lowest BCUT2D eigenvalue weighted by Crippen LogP contribution is -2.33. The van der Waals surface area contributed by atoms with Crippen LogP contribution in [0.4, 0.5) is 11.5 Å². The van der Waals surface area contributed by atoms with E-state index in [1.165, 1.54) is 12.3 Å². The van der Waals surface area contributed by atoms with Crippen LogP contribution in [0.5, 0.6) is 0 Å². The van der Waals surface area contributed by atoms with Crippen LogP contribution in [0.2, 0.25) is 0 Å². The van der Waals surface area contributed by atoms with Gasteiger partial charge >= 0.3 is 0 Å². The fourth-order valence-electron chi connectivity index (χ4n) is 3.24. The zero-order valence-corrected chi connectivity index (χ0v) is 16.3. The van der Waals surface area contributed by atoms with Gasteiger partial charge in [0.05, 0.1) is 17.4 Å². The third kappa shape index (κ3) is 4.76. The first-order valence-electron chi connectivity index (χ1n) is 9.39. The Morgan fingerprint density at radius 1 is 1.11 bits per heavy atom. The quantitative estimate of drug-likeness (QED) is 0.816. The third-order valence-electron chi connectivity index (χ3n) is 4.86. The number of anilines is 2. The van der Waals surface area contributed by atoms with E-state index < -0.39 is 5.91 Å². The minimum absolute atomic E-state index is 0.117. The van der Waals surface area contributed by atoms with Crippen molar-refractivity contribution in [3.63, 3.8) is 0 Å². The van der Waals surface area contributed by atoms with Gasteiger partial charge in [-0.2, -0.15) is 0 Å². The van der Waals surface area contributed by atoms with E-state index >= 15 is 0 Å². The van der Waals surface area contributed by atoms with Crippen molar-refractivity contribution in [1.29, 1.82) is 0 Å². The van der Waals surface area contributed by atoms with E-state index in [1.54, 1.807) is 6.07 Å². The number of primary amides is 1. The molecule has 1 aliphatic rings. The largest absolute Gasteiger partial charge is 0.381 e. The summed E-state index contributed by atoms with van der Waals surface area (Å²) in [6, 6.07) is 7.39. The number of rotatable bonds is 5. The molecule has 1 unspecified atom stereocenters. The van der Waals surface area contributed by atoms with Gasteiger partial charge in [-0.15, -0.1) is 0 Å². The number of nitrogens with zero attached hydrogens (tertiary/aromatic N) is 4. The summed E-state index contributed by atoms with van der Waals surface area (Å²) in [6.45, 7) is 1.34. The molecule has 1 saturated heterocycles. The van der Waals surface area contributed by atoms with Gasteiger partial charge in [0.15, 0.2) is 0 Å². The average Bonchev–Trinajstić information content (AvgIpc) is 2.93. The Kier molecular flexibility index (Phi) is 6.08. The lowest BCUT2D eigenvalue weighted by Gasteiger charge is -2.21. The zero-order valence-electron chi connectivity index (χ0n) is 16.3. The monoisotopic (exact) mass is 382 g/mol. The van der Waals surface area contributed by atoms with E-state index in [1.807, 2.05) is 42.2 Å². The molecular formula is C20H26N6O2. The predicted octanol–water partition coefficient (Wildman–Crippen LogP) is 1.75. The molecule has 3 heterocycles. The number of pyridine rings is 2. The summed E-state index contributed by atoms with van der Waals surface area (Å²) < 4.78 is 0. The summed E-state index contributed by atoms with van der Waals surface area (Å²) in [6.07, 6.45) is 5.93. The van der Waals surface area contributed by atoms with E-state index in [0.29, 0.717) is 24.3 Å². The molecule has 0 saturated carbocycles. The third-order valence-corrected chi connectivity index (χ3v) is 4.86. The molecule has 0 aromatic carbocycles. The molecule has 1 fully saturated rings. The number of hydrogen-bond donors (Lipinski definition) is 2. The van der Waals surface area contributed by atoms with Crippen molar-refractivity contribution in [3.05, 3.63) is 47.9 Å². The zero-order chi connectivity index (χ0) is 20.1. The molecule has 0 aliphatic carbocycles. The molecule has 28 heavy (non-hydrogen) atoms. The first-order chi connectivity index (χ1) is 13.4. The summed E-state index contributed by atoms with van der Waals surface area (Å²) in [4.78, 5) is 36.2. The van der Waals surface area contributed by atoms with Crippen LogP contribution in [0.25, 0.3) is 0 Å². The molecule has 0 radical (unpaired) electrons. The maximum Gasteiger partial charge on any atom is 0.272 e. The fourth-order valence-corrected chi connectivity index (χ4v) is 3.24. The Morgan fingerprint density at radius 2 is 1.93 bits per heavy atom. The predicted molar refractivity (Wildman–Crippen MR) is 108 cm³/mol. The maximum atomic E-state index is 12.7. The van der Waals surface area contributed by atoms with Crippen molar-refractivity contribution in [1.82, 2.24) is 14.9 Å². The highest BCUT2D eigenvalue weighted by Gasteiger charge is 2.22. The van der Waals surface area contributed by atoms with Gasteiger partial charge in [0, 0.05) is 39.4 Å². The molecule has 3 N–H and O–H groups in total. The Balaban J connectivity index is 1.58. The maximum absolute atomic E-state index is 12.7. The van der Waals surface area contributed by atoms with Gasteiger partial charge in [-0.05, 0) is 43.5 Å². The van der Waals surface area contributed by atoms with E-state index in [4.69, 9.17) is 5.73 Å². The number of amides is 2. The lowest BCUT2D eigenvalue weighted by atomic mass is 10.1. The van der Waals surface area contributed by atoms with E-state index in [-0.39, 0.29) is 11.9 Å². The smallest absolute Gasteiger partial charge is 0.272 e. The summed E-state index contributed by atoms with van der Waals surface area (Å²) in [7, 11) is 3.92. The fraction of sp³-hybridized carbons (Fsp3) is 0.400. The number of carbonyl (C=O) groups is 2. The van der Waals surface area contributed by atoms with Gasteiger partial charge in [-0.3, -0.25) is 14.6 Å². The van der Waals surface area contributed by atoms with Crippen LogP contribution in [0.3, 0.4) is 0 Å². The lowest BCUT2D eigenvalue weighted by molar-refractivity contribution is 0.0755. The summed E-state index contributed by atoms with van der Waals surface area (Å²) >= 11 is 0. The molecule has 8 heteroatoms. The number of nitrogens with two attached hydrogens (primary N) is 1. The Hall–Kier alpha value is -3.16. The van der Waals surface area contributed by atoms with Crippen LogP contribution in [-0.2, 0) is 0 Å². The van der Waals surface area contributed by atoms with Crippen molar-refractivity contribution in [2.75, 3.05) is 37.4 Å². The molecule has 0 bridgehead atoms. The Morgan fingerprint density at radius 3 is 2.54 bits per heavy atom. The van der Waals surface area contributed by atoms with E-state index in [2.05, 4.69) is 15.3 Å². The summed E-state index contributed by atoms with van der Waals surface area (Å²) in [5, 5.41) is 3.52. The van der Waals surface area contributed by atoms with Crippen LogP contribution < -0.4 is 16.0 Å². The van der Waals surface area contributed by atoms with Gasteiger partial charge in [-0.1, -0.05) is 0 Å². The second-order valence-electron chi connectivity index (χ2n) is 7.16. The molecule has 2 amide bonds. The van der Waals surface area contributed by atoms with Gasteiger partial charge in [0.2, 0.25) is 5.91 Å². The van der Waals surface area contributed by atoms with Crippen LogP contribution >= 0.6 is 0 Å². The van der Waals surface area contributed by atoms with Crippen LogP contribution in [0.15, 0.2) is 36.7 Å². The highest BCUT2D eigenvalue weighted by molar-refractivity contribution is 5.95. The van der Waals surface area contributed by atoms with Crippen LogP contribution in [0, 0.1) is 0 Å².